The highest BCUT2D eigenvalue weighted by molar-refractivity contribution is 5.69. The fourth-order valence-electron chi connectivity index (χ4n) is 1.13. The Kier molecular flexibility index (Phi) is 5.93. The summed E-state index contributed by atoms with van der Waals surface area (Å²) in [6, 6.07) is 0. The largest absolute Gasteiger partial charge is 0.477 e. The Morgan fingerprint density at radius 3 is 2.40 bits per heavy atom. The summed E-state index contributed by atoms with van der Waals surface area (Å²) in [5, 5.41) is 8.62. The topological polar surface area (TPSA) is 63.6 Å². The van der Waals surface area contributed by atoms with Gasteiger partial charge in [0.2, 0.25) is 0 Å². The molecular weight excluding hydrogens is 198 g/mol. The Bertz CT molecular complexity index is 225. The molecule has 0 bridgehead atoms. The van der Waals surface area contributed by atoms with Crippen molar-refractivity contribution in [2.45, 2.75) is 19.8 Å². The van der Waals surface area contributed by atoms with Crippen LogP contribution in [0.15, 0.2) is 0 Å². The lowest BCUT2D eigenvalue weighted by Crippen LogP contribution is -2.46. The lowest BCUT2D eigenvalue weighted by atomic mass is 10.3. The second-order valence-corrected chi connectivity index (χ2v) is 4.18. The van der Waals surface area contributed by atoms with E-state index in [1.54, 1.807) is 14.1 Å². The van der Waals surface area contributed by atoms with Gasteiger partial charge in [0.25, 0.3) is 0 Å². The molecule has 0 heterocycles. The maximum absolute atomic E-state index is 11.0. The van der Waals surface area contributed by atoms with Crippen molar-refractivity contribution < 1.29 is 23.9 Å². The van der Waals surface area contributed by atoms with Gasteiger partial charge in [0.15, 0.2) is 6.54 Å². The van der Waals surface area contributed by atoms with Crippen molar-refractivity contribution in [2.75, 3.05) is 33.8 Å². The molecule has 0 unspecified atom stereocenters. The van der Waals surface area contributed by atoms with Crippen molar-refractivity contribution in [2.24, 2.45) is 0 Å². The van der Waals surface area contributed by atoms with Gasteiger partial charge in [-0.05, 0) is 6.42 Å². The van der Waals surface area contributed by atoms with E-state index in [4.69, 9.17) is 9.84 Å². The number of hydrogen-bond donors (Lipinski definition) is 1. The molecular formula is C10H20NO4+. The van der Waals surface area contributed by atoms with Gasteiger partial charge < -0.3 is 14.3 Å². The maximum Gasteiger partial charge on any atom is 0.359 e. The van der Waals surface area contributed by atoms with Crippen LogP contribution >= 0.6 is 0 Å². The molecule has 0 aliphatic heterocycles. The van der Waals surface area contributed by atoms with Gasteiger partial charge in [-0.2, -0.15) is 0 Å². The Hall–Kier alpha value is -1.10. The van der Waals surface area contributed by atoms with E-state index in [1.165, 1.54) is 0 Å². The summed E-state index contributed by atoms with van der Waals surface area (Å²) in [6.07, 6.45) is 1.19. The highest BCUT2D eigenvalue weighted by Gasteiger charge is 2.19. The van der Waals surface area contributed by atoms with Crippen molar-refractivity contribution in [1.82, 2.24) is 0 Å². The molecule has 0 radical (unpaired) electrons. The van der Waals surface area contributed by atoms with Crippen molar-refractivity contribution in [3.05, 3.63) is 0 Å². The maximum atomic E-state index is 11.0. The second kappa shape index (κ2) is 6.40. The Labute approximate surface area is 90.2 Å². The zero-order valence-electron chi connectivity index (χ0n) is 9.65. The Balaban J connectivity index is 3.74. The van der Waals surface area contributed by atoms with Crippen LogP contribution in [-0.2, 0) is 14.3 Å². The zero-order chi connectivity index (χ0) is 11.9. The van der Waals surface area contributed by atoms with Crippen molar-refractivity contribution in [1.29, 1.82) is 0 Å². The molecule has 0 aliphatic rings. The van der Waals surface area contributed by atoms with Crippen molar-refractivity contribution in [3.8, 4) is 0 Å². The minimum absolute atomic E-state index is 0.0331. The molecule has 0 fully saturated rings. The zero-order valence-corrected chi connectivity index (χ0v) is 9.65. The molecule has 5 heteroatoms. The molecule has 88 valence electrons. The van der Waals surface area contributed by atoms with Crippen LogP contribution in [0, 0.1) is 0 Å². The van der Waals surface area contributed by atoms with Crippen molar-refractivity contribution in [3.63, 3.8) is 0 Å². The molecule has 0 aliphatic carbocycles. The number of rotatable bonds is 7. The number of ether oxygens (including phenoxy) is 1. The van der Waals surface area contributed by atoms with Crippen LogP contribution in [0.3, 0.4) is 0 Å². The number of likely N-dealkylation sites (N-methyl/N-ethyl adjacent to an activating group) is 1. The van der Waals surface area contributed by atoms with Crippen LogP contribution in [0.5, 0.6) is 0 Å². The van der Waals surface area contributed by atoms with Crippen LogP contribution in [0.25, 0.3) is 0 Å². The molecule has 0 saturated heterocycles. The average molecular weight is 218 g/mol. The highest BCUT2D eigenvalue weighted by atomic mass is 16.5. The third-order valence-electron chi connectivity index (χ3n) is 1.98. The molecule has 0 saturated carbocycles. The lowest BCUT2D eigenvalue weighted by Gasteiger charge is -2.27. The third-order valence-corrected chi connectivity index (χ3v) is 1.98. The van der Waals surface area contributed by atoms with Gasteiger partial charge in [-0.25, -0.2) is 4.79 Å². The van der Waals surface area contributed by atoms with E-state index in [9.17, 15) is 9.59 Å². The van der Waals surface area contributed by atoms with E-state index in [0.717, 1.165) is 6.42 Å². The number of carboxylic acid groups (broad SMARTS) is 1. The number of quaternary nitrogens is 1. The SMILES string of the molecule is CCCC(=O)OCC[N+](C)(C)CC(=O)O. The van der Waals surface area contributed by atoms with Gasteiger partial charge in [-0.3, -0.25) is 4.79 Å². The first-order valence-corrected chi connectivity index (χ1v) is 5.07. The molecule has 15 heavy (non-hydrogen) atoms. The quantitative estimate of drug-likeness (QED) is 0.499. The first kappa shape index (κ1) is 13.9. The molecule has 0 rings (SSSR count). The normalized spacial score (nSPS) is 11.1. The van der Waals surface area contributed by atoms with E-state index in [2.05, 4.69) is 0 Å². The molecule has 0 aromatic carbocycles. The molecule has 0 spiro atoms. The van der Waals surface area contributed by atoms with Gasteiger partial charge in [0, 0.05) is 6.42 Å². The van der Waals surface area contributed by atoms with Crippen LogP contribution < -0.4 is 0 Å². The second-order valence-electron chi connectivity index (χ2n) is 4.18. The highest BCUT2D eigenvalue weighted by Crippen LogP contribution is 1.98. The lowest BCUT2D eigenvalue weighted by molar-refractivity contribution is -0.883. The number of nitrogens with zero attached hydrogens (tertiary/aromatic N) is 1. The fourth-order valence-corrected chi connectivity index (χ4v) is 1.13. The van der Waals surface area contributed by atoms with Crippen LogP contribution in [-0.4, -0.2) is 55.3 Å². The van der Waals surface area contributed by atoms with E-state index in [-0.39, 0.29) is 19.1 Å². The smallest absolute Gasteiger partial charge is 0.359 e. The van der Waals surface area contributed by atoms with E-state index < -0.39 is 5.97 Å². The van der Waals surface area contributed by atoms with Gasteiger partial charge in [-0.15, -0.1) is 0 Å². The van der Waals surface area contributed by atoms with Gasteiger partial charge >= 0.3 is 11.9 Å². The Morgan fingerprint density at radius 1 is 1.33 bits per heavy atom. The monoisotopic (exact) mass is 218 g/mol. The molecule has 0 amide bonds. The summed E-state index contributed by atoms with van der Waals surface area (Å²) in [6.45, 7) is 2.73. The number of carbonyl (C=O) groups is 2. The molecule has 0 aromatic rings. The number of esters is 1. The van der Waals surface area contributed by atoms with Crippen LogP contribution in [0.2, 0.25) is 0 Å². The van der Waals surface area contributed by atoms with E-state index >= 15 is 0 Å². The van der Waals surface area contributed by atoms with E-state index in [1.807, 2.05) is 6.92 Å². The third kappa shape index (κ3) is 7.93. The van der Waals surface area contributed by atoms with Gasteiger partial charge in [0.1, 0.15) is 13.2 Å². The summed E-state index contributed by atoms with van der Waals surface area (Å²) < 4.78 is 5.27. The molecule has 5 nitrogen and oxygen atoms in total. The number of carboxylic acids is 1. The standard InChI is InChI=1S/C10H19NO4/c1-4-5-10(14)15-7-6-11(2,3)8-9(12)13/h4-8H2,1-3H3/p+1. The summed E-state index contributed by atoms with van der Waals surface area (Å²) in [5.41, 5.74) is 0. The number of carbonyl (C=O) groups excluding carboxylic acids is 1. The molecule has 1 N–H and O–H groups in total. The van der Waals surface area contributed by atoms with E-state index in [0.29, 0.717) is 17.4 Å². The minimum Gasteiger partial charge on any atom is -0.477 e. The summed E-state index contributed by atoms with van der Waals surface area (Å²) in [7, 11) is 3.59. The predicted octanol–water partition coefficient (Wildman–Crippen LogP) is 0.491. The van der Waals surface area contributed by atoms with Gasteiger partial charge in [-0.1, -0.05) is 6.92 Å². The van der Waals surface area contributed by atoms with Crippen LogP contribution in [0.4, 0.5) is 0 Å². The van der Waals surface area contributed by atoms with Gasteiger partial charge in [0.05, 0.1) is 14.1 Å². The first-order chi connectivity index (χ1) is 6.87. The summed E-state index contributed by atoms with van der Waals surface area (Å²) in [5.74, 6) is -1.06. The first-order valence-electron chi connectivity index (χ1n) is 5.07. The van der Waals surface area contributed by atoms with Crippen molar-refractivity contribution >= 4 is 11.9 Å². The molecule has 0 atom stereocenters. The fraction of sp³-hybridized carbons (Fsp3) is 0.800. The number of hydrogen-bond acceptors (Lipinski definition) is 3. The number of aliphatic carboxylic acids is 1. The summed E-state index contributed by atoms with van der Waals surface area (Å²) >= 11 is 0. The minimum atomic E-state index is -0.847. The van der Waals surface area contributed by atoms with Crippen LogP contribution in [0.1, 0.15) is 19.8 Å². The predicted molar refractivity (Wildman–Crippen MR) is 55.3 cm³/mol. The summed E-state index contributed by atoms with van der Waals surface area (Å²) in [4.78, 5) is 21.5. The Morgan fingerprint density at radius 2 is 1.93 bits per heavy atom. The average Bonchev–Trinajstić information content (AvgIpc) is 2.01. The molecule has 0 aromatic heterocycles.